The van der Waals surface area contributed by atoms with Gasteiger partial charge in [0.2, 0.25) is 0 Å². The highest BCUT2D eigenvalue weighted by atomic mass is 16.5. The lowest BCUT2D eigenvalue weighted by atomic mass is 9.30. The van der Waals surface area contributed by atoms with Gasteiger partial charge in [0.1, 0.15) is 11.5 Å². The molecule has 2 saturated heterocycles. The summed E-state index contributed by atoms with van der Waals surface area (Å²) in [6, 6.07) is 122. The van der Waals surface area contributed by atoms with Crippen LogP contribution in [0.1, 0.15) is 58.4 Å². The normalized spacial score (nSPS) is 17.5. The van der Waals surface area contributed by atoms with Gasteiger partial charge in [-0.15, -0.1) is 0 Å². The Morgan fingerprint density at radius 3 is 1.13 bits per heavy atom. The molecule has 0 aromatic heterocycles. The summed E-state index contributed by atoms with van der Waals surface area (Å²) in [5.74, 6) is 3.39. The molecule has 0 amide bonds. The highest BCUT2D eigenvalue weighted by Crippen LogP contribution is 2.57. The van der Waals surface area contributed by atoms with Crippen LogP contribution in [0.2, 0.25) is 0 Å². The van der Waals surface area contributed by atoms with Crippen LogP contribution in [0.15, 0.2) is 322 Å². The molecule has 0 atom stereocenters. The number of hydrogen-bond donors (Lipinski definition) is 0. The van der Waals surface area contributed by atoms with E-state index in [9.17, 15) is 0 Å². The predicted octanol–water partition coefficient (Wildman–Crippen LogP) is 21.2. The Labute approximate surface area is 611 Å². The largest absolute Gasteiger partial charge is 0.458 e. The van der Waals surface area contributed by atoms with Crippen molar-refractivity contribution in [3.8, 4) is 78.3 Å². The number of anilines is 10. The smallest absolute Gasteiger partial charge is 0.256 e. The maximum Gasteiger partial charge on any atom is 0.256 e. The van der Waals surface area contributed by atoms with Crippen molar-refractivity contribution in [2.75, 3.05) is 19.6 Å². The molecule has 6 aliphatic heterocycles. The second-order valence-electron chi connectivity index (χ2n) is 31.1. The molecule has 2 saturated carbocycles. The van der Waals surface area contributed by atoms with Crippen LogP contribution in [0.5, 0.6) is 11.5 Å². The fraction of sp³-hybridized carbons (Fsp3) is 0.134. The third kappa shape index (κ3) is 9.69. The van der Waals surface area contributed by atoms with Gasteiger partial charge in [0.15, 0.2) is 0 Å². The van der Waals surface area contributed by atoms with E-state index in [1.807, 2.05) is 0 Å². The molecule has 14 aromatic rings. The summed E-state index contributed by atoms with van der Waals surface area (Å²) in [6.45, 7) is 6.73. The third-order valence-electron chi connectivity index (χ3n) is 24.0. The average molecular weight is 1340 g/mol. The first-order valence-electron chi connectivity index (χ1n) is 37.5. The van der Waals surface area contributed by atoms with Crippen LogP contribution < -0.4 is 57.1 Å². The fourth-order valence-corrected chi connectivity index (χ4v) is 19.7. The summed E-state index contributed by atoms with van der Waals surface area (Å²) in [7, 11) is 0. The van der Waals surface area contributed by atoms with Crippen LogP contribution in [0.25, 0.3) is 66.8 Å². The Kier molecular flexibility index (Phi) is 14.0. The molecule has 8 aliphatic rings. The van der Waals surface area contributed by atoms with E-state index >= 15 is 0 Å². The first-order chi connectivity index (χ1) is 51.2. The number of para-hydroxylation sites is 3. The van der Waals surface area contributed by atoms with E-state index in [1.54, 1.807) is 0 Å². The maximum absolute atomic E-state index is 8.20. The zero-order valence-corrected chi connectivity index (χ0v) is 58.8. The monoisotopic (exact) mass is 1330 g/mol. The second-order valence-corrected chi connectivity index (χ2v) is 31.1. The van der Waals surface area contributed by atoms with Crippen molar-refractivity contribution in [3.63, 3.8) is 0 Å². The number of piperidine rings is 2. The van der Waals surface area contributed by atoms with Gasteiger partial charge < -0.3 is 24.3 Å². The van der Waals surface area contributed by atoms with E-state index in [2.05, 4.69) is 362 Å². The number of fused-ring (bicyclic) bond motifs is 8. The van der Waals surface area contributed by atoms with Gasteiger partial charge in [-0.1, -0.05) is 263 Å². The molecule has 4 fully saturated rings. The van der Waals surface area contributed by atoms with Gasteiger partial charge in [0.05, 0.1) is 11.4 Å². The minimum atomic E-state index is -0.241. The average Bonchev–Trinajstić information content (AvgIpc) is 0.687. The van der Waals surface area contributed by atoms with Gasteiger partial charge in [-0.3, -0.25) is 0 Å². The van der Waals surface area contributed by atoms with E-state index in [0.717, 1.165) is 90.7 Å². The molecule has 496 valence electrons. The standard InChI is InChI=1S/C97H76B2N4O/c1-97(2,3)72-56-88-93-89(57-72)103(96-79(68-37-19-8-20-38-68)54-71(65-31-13-5-14-32-65)55-80(96)69-39-21-9-22-40-69)87-61-91-84(60-83(87)98(93)81-43-25-27-45-85(81)101(88)73-41-23-10-24-42-73)99-82-44-26-28-46-86(82)102(90-58-76(59-92(104-91)94(90)99)100-74-48-62-47-63(50-74)51-75(100)49-62)95-77(66-33-15-6-16-34-66)52-70(64-29-11-4-12-30-64)53-78(95)67-35-17-7-18-36-67/h4-46,52-63,74-75H,47-51H2,1-3H3. The molecule has 22 rings (SSSR count). The van der Waals surface area contributed by atoms with E-state index in [1.165, 1.54) is 127 Å². The molecule has 2 aliphatic carbocycles. The maximum atomic E-state index is 8.20. The molecule has 14 aromatic carbocycles. The fourth-order valence-electron chi connectivity index (χ4n) is 19.7. The lowest BCUT2D eigenvalue weighted by molar-refractivity contribution is 0.0900. The Morgan fingerprint density at radius 2 is 0.673 bits per heavy atom. The van der Waals surface area contributed by atoms with Crippen molar-refractivity contribution < 1.29 is 4.74 Å². The predicted molar refractivity (Wildman–Crippen MR) is 438 cm³/mol. The molecule has 0 spiro atoms. The Bertz CT molecular complexity index is 5580. The van der Waals surface area contributed by atoms with Gasteiger partial charge in [-0.05, 0) is 199 Å². The van der Waals surface area contributed by atoms with Crippen molar-refractivity contribution in [2.45, 2.75) is 70.4 Å². The van der Waals surface area contributed by atoms with E-state index < -0.39 is 0 Å². The Morgan fingerprint density at radius 1 is 0.288 bits per heavy atom. The number of nitrogens with zero attached hydrogens (tertiary/aromatic N) is 4. The molecule has 4 bridgehead atoms. The molecule has 6 heterocycles. The van der Waals surface area contributed by atoms with Crippen molar-refractivity contribution in [2.24, 2.45) is 11.8 Å². The van der Waals surface area contributed by atoms with Gasteiger partial charge in [-0.25, -0.2) is 0 Å². The molecule has 104 heavy (non-hydrogen) atoms. The number of rotatable bonds is 10. The Hall–Kier alpha value is -11.8. The molecular weight excluding hydrogens is 1260 g/mol. The zero-order chi connectivity index (χ0) is 68.9. The Balaban J connectivity index is 0.876. The van der Waals surface area contributed by atoms with Crippen LogP contribution in [-0.2, 0) is 5.41 Å². The summed E-state index contributed by atoms with van der Waals surface area (Å²) < 4.78 is 8.20. The van der Waals surface area contributed by atoms with Crippen LogP contribution in [0, 0.1) is 11.8 Å². The first-order valence-corrected chi connectivity index (χ1v) is 37.5. The third-order valence-corrected chi connectivity index (χ3v) is 24.0. The van der Waals surface area contributed by atoms with Crippen LogP contribution >= 0.6 is 0 Å². The second kappa shape index (κ2) is 23.9. The van der Waals surface area contributed by atoms with Crippen LogP contribution in [-0.4, -0.2) is 25.5 Å². The van der Waals surface area contributed by atoms with Crippen molar-refractivity contribution in [1.82, 2.24) is 0 Å². The molecule has 0 radical (unpaired) electrons. The SMILES string of the molecule is CC(C)(C)c1cc2c3c(c1)N(c1c(-c4ccccc4)cc(-c4ccccc4)cc1-c1ccccc1)c1cc4c(cc1B3c1ccccc1N2c1ccccc1)B1c2ccccc2N(c2c(-c3ccccc3)cc(-c3ccccc3)cc2-c2ccccc2)c2cc(N3C5CC6CC(C5)CC3C6)cc(c21)O4. The van der Waals surface area contributed by atoms with Gasteiger partial charge in [-0.2, -0.15) is 0 Å². The summed E-state index contributed by atoms with van der Waals surface area (Å²) in [5.41, 5.74) is 34.0. The minimum absolute atomic E-state index is 0.182. The van der Waals surface area contributed by atoms with E-state index in [4.69, 9.17) is 4.74 Å². The molecular formula is C97H76B2N4O. The molecule has 5 nitrogen and oxygen atoms in total. The van der Waals surface area contributed by atoms with E-state index in [-0.39, 0.29) is 18.8 Å². The highest BCUT2D eigenvalue weighted by Gasteiger charge is 2.51. The van der Waals surface area contributed by atoms with Gasteiger partial charge in [0.25, 0.3) is 13.4 Å². The quantitative estimate of drug-likeness (QED) is 0.127. The number of hydrogen-bond acceptors (Lipinski definition) is 5. The summed E-state index contributed by atoms with van der Waals surface area (Å²) >= 11 is 0. The minimum Gasteiger partial charge on any atom is -0.458 e. The summed E-state index contributed by atoms with van der Waals surface area (Å²) in [5, 5.41) is 0. The van der Waals surface area contributed by atoms with Crippen LogP contribution in [0.4, 0.5) is 56.9 Å². The van der Waals surface area contributed by atoms with Crippen LogP contribution in [0.3, 0.4) is 0 Å². The number of benzene rings is 14. The molecule has 7 heteroatoms. The summed E-state index contributed by atoms with van der Waals surface area (Å²) in [4.78, 5) is 10.8. The summed E-state index contributed by atoms with van der Waals surface area (Å²) in [6.07, 6.45) is 6.35. The van der Waals surface area contributed by atoms with Crippen molar-refractivity contribution >= 4 is 103 Å². The highest BCUT2D eigenvalue weighted by molar-refractivity contribution is 7.02. The molecule has 0 N–H and O–H groups in total. The van der Waals surface area contributed by atoms with Gasteiger partial charge in [0, 0.05) is 92.0 Å². The topological polar surface area (TPSA) is 22.2 Å². The zero-order valence-electron chi connectivity index (χ0n) is 58.8. The lowest BCUT2D eigenvalue weighted by Gasteiger charge is -2.57. The van der Waals surface area contributed by atoms with Crippen molar-refractivity contribution in [1.29, 1.82) is 0 Å². The molecule has 0 unspecified atom stereocenters. The van der Waals surface area contributed by atoms with E-state index in [0.29, 0.717) is 12.1 Å². The lowest BCUT2D eigenvalue weighted by Crippen LogP contribution is -2.64. The van der Waals surface area contributed by atoms with Gasteiger partial charge >= 0.3 is 0 Å². The number of ether oxygens (including phenoxy) is 1. The first kappa shape index (κ1) is 60.9. The van der Waals surface area contributed by atoms with Crippen molar-refractivity contribution in [3.05, 3.63) is 327 Å².